The largest absolute Gasteiger partial charge is 0.377 e. The third-order valence-corrected chi connectivity index (χ3v) is 5.08. The molecule has 4 rings (SSSR count). The number of rotatable bonds is 5. The number of aromatic nitrogens is 2. The minimum atomic E-state index is -0.199. The Balaban J connectivity index is 1.34. The number of nitrogens with one attached hydrogen (secondary N) is 1. The van der Waals surface area contributed by atoms with Crippen LogP contribution in [0.25, 0.3) is 0 Å². The molecule has 2 unspecified atom stereocenters. The van der Waals surface area contributed by atoms with Gasteiger partial charge in [-0.2, -0.15) is 0 Å². The molecule has 0 saturated carbocycles. The zero-order chi connectivity index (χ0) is 17.7. The summed E-state index contributed by atoms with van der Waals surface area (Å²) in [4.78, 5) is 11.0. The van der Waals surface area contributed by atoms with Crippen LogP contribution in [0.3, 0.4) is 0 Å². The van der Waals surface area contributed by atoms with Gasteiger partial charge in [-0.15, -0.1) is 0 Å². The van der Waals surface area contributed by atoms with Gasteiger partial charge in [0.15, 0.2) is 0 Å². The molecule has 2 aliphatic rings. The van der Waals surface area contributed by atoms with Gasteiger partial charge >= 0.3 is 0 Å². The Kier molecular flexibility index (Phi) is 5.43. The van der Waals surface area contributed by atoms with Crippen LogP contribution in [0, 0.1) is 5.92 Å². The van der Waals surface area contributed by atoms with Gasteiger partial charge in [0.05, 0.1) is 19.8 Å². The molecule has 2 atom stereocenters. The maximum Gasteiger partial charge on any atom is 0.125 e. The van der Waals surface area contributed by atoms with E-state index in [1.807, 2.05) is 42.9 Å². The normalized spacial score (nSPS) is 26.7. The summed E-state index contributed by atoms with van der Waals surface area (Å²) in [6, 6.07) is 10.0. The molecule has 6 heteroatoms. The molecule has 0 aliphatic carbocycles. The van der Waals surface area contributed by atoms with Gasteiger partial charge in [0.25, 0.3) is 0 Å². The van der Waals surface area contributed by atoms with E-state index in [0.717, 1.165) is 51.6 Å². The summed E-state index contributed by atoms with van der Waals surface area (Å²) >= 11 is 0. The minimum Gasteiger partial charge on any atom is -0.377 e. The molecule has 0 amide bonds. The van der Waals surface area contributed by atoms with Crippen molar-refractivity contribution in [3.8, 4) is 0 Å². The second-order valence-electron chi connectivity index (χ2n) is 7.28. The molecular formula is C20H26N4O2. The number of hydrogen-bond acceptors (Lipinski definition) is 6. The van der Waals surface area contributed by atoms with Gasteiger partial charge in [-0.05, 0) is 30.2 Å². The highest BCUT2D eigenvalue weighted by molar-refractivity contribution is 5.33. The van der Waals surface area contributed by atoms with Crippen LogP contribution in [0.4, 0.5) is 5.82 Å². The summed E-state index contributed by atoms with van der Waals surface area (Å²) < 4.78 is 12.2. The highest BCUT2D eigenvalue weighted by atomic mass is 16.5. The Labute approximate surface area is 154 Å². The second-order valence-corrected chi connectivity index (χ2v) is 7.28. The van der Waals surface area contributed by atoms with Crippen LogP contribution < -0.4 is 5.32 Å². The third kappa shape index (κ3) is 4.38. The van der Waals surface area contributed by atoms with E-state index in [4.69, 9.17) is 9.47 Å². The maximum atomic E-state index is 6.29. The van der Waals surface area contributed by atoms with Crippen LogP contribution in [0.1, 0.15) is 12.0 Å². The van der Waals surface area contributed by atoms with E-state index in [9.17, 15) is 0 Å². The van der Waals surface area contributed by atoms with E-state index in [1.165, 1.54) is 5.56 Å². The molecule has 0 aromatic carbocycles. The number of anilines is 1. The molecule has 0 bridgehead atoms. The fraction of sp³-hybridized carbons (Fsp3) is 0.500. The average molecular weight is 354 g/mol. The van der Waals surface area contributed by atoms with Crippen molar-refractivity contribution in [2.75, 3.05) is 44.8 Å². The van der Waals surface area contributed by atoms with Crippen molar-refractivity contribution < 1.29 is 9.47 Å². The van der Waals surface area contributed by atoms with Crippen molar-refractivity contribution in [1.29, 1.82) is 0 Å². The molecule has 0 radical (unpaired) electrons. The first-order chi connectivity index (χ1) is 12.8. The van der Waals surface area contributed by atoms with Crippen molar-refractivity contribution in [2.45, 2.75) is 18.6 Å². The van der Waals surface area contributed by atoms with Crippen molar-refractivity contribution in [3.05, 3.63) is 54.5 Å². The number of nitrogens with zero attached hydrogens (tertiary/aromatic N) is 3. The van der Waals surface area contributed by atoms with Crippen molar-refractivity contribution in [3.63, 3.8) is 0 Å². The quantitative estimate of drug-likeness (QED) is 0.888. The van der Waals surface area contributed by atoms with Crippen LogP contribution in [-0.2, 0) is 16.0 Å². The number of ether oxygens (including phenoxy) is 2. The van der Waals surface area contributed by atoms with Crippen molar-refractivity contribution in [2.24, 2.45) is 5.92 Å². The lowest BCUT2D eigenvalue weighted by molar-refractivity contribution is -0.0562. The predicted octanol–water partition coefficient (Wildman–Crippen LogP) is 2.20. The molecule has 26 heavy (non-hydrogen) atoms. The second kappa shape index (κ2) is 8.12. The van der Waals surface area contributed by atoms with Crippen LogP contribution in [-0.4, -0.2) is 59.9 Å². The summed E-state index contributed by atoms with van der Waals surface area (Å²) in [7, 11) is 0. The Bertz CT molecular complexity index is 685. The molecular weight excluding hydrogens is 328 g/mol. The van der Waals surface area contributed by atoms with Gasteiger partial charge in [-0.3, -0.25) is 9.88 Å². The minimum absolute atomic E-state index is 0.199. The van der Waals surface area contributed by atoms with E-state index < -0.39 is 0 Å². The summed E-state index contributed by atoms with van der Waals surface area (Å²) in [5.74, 6) is 1.39. The Morgan fingerprint density at radius 2 is 2.23 bits per heavy atom. The first-order valence-electron chi connectivity index (χ1n) is 9.29. The van der Waals surface area contributed by atoms with Crippen molar-refractivity contribution in [1.82, 2.24) is 14.9 Å². The van der Waals surface area contributed by atoms with Crippen molar-refractivity contribution >= 4 is 5.82 Å². The third-order valence-electron chi connectivity index (χ3n) is 5.08. The Morgan fingerprint density at radius 1 is 1.23 bits per heavy atom. The van der Waals surface area contributed by atoms with E-state index >= 15 is 0 Å². The summed E-state index contributed by atoms with van der Waals surface area (Å²) in [6.07, 6.45) is 6.57. The highest BCUT2D eigenvalue weighted by Crippen LogP contribution is 2.33. The maximum absolute atomic E-state index is 6.29. The molecule has 138 valence electrons. The van der Waals surface area contributed by atoms with Gasteiger partial charge in [0, 0.05) is 50.7 Å². The lowest BCUT2D eigenvalue weighted by atomic mass is 9.94. The summed E-state index contributed by atoms with van der Waals surface area (Å²) in [5.41, 5.74) is 1.03. The predicted molar refractivity (Wildman–Crippen MR) is 99.8 cm³/mol. The molecule has 2 aliphatic heterocycles. The fourth-order valence-electron chi connectivity index (χ4n) is 3.87. The lowest BCUT2D eigenvalue weighted by Gasteiger charge is -2.31. The van der Waals surface area contributed by atoms with E-state index in [1.54, 1.807) is 0 Å². The van der Waals surface area contributed by atoms with Crippen LogP contribution in [0.5, 0.6) is 0 Å². The lowest BCUT2D eigenvalue weighted by Crippen LogP contribution is -2.43. The molecule has 1 N–H and O–H groups in total. The monoisotopic (exact) mass is 354 g/mol. The van der Waals surface area contributed by atoms with Crippen LogP contribution in [0.15, 0.2) is 48.9 Å². The molecule has 1 spiro atoms. The van der Waals surface area contributed by atoms with Gasteiger partial charge in [-0.1, -0.05) is 12.1 Å². The molecule has 2 aromatic rings. The first-order valence-corrected chi connectivity index (χ1v) is 9.29. The fourth-order valence-corrected chi connectivity index (χ4v) is 3.87. The summed E-state index contributed by atoms with van der Waals surface area (Å²) in [6.45, 7) is 5.79. The number of pyridine rings is 2. The van der Waals surface area contributed by atoms with Crippen LogP contribution in [0.2, 0.25) is 0 Å². The van der Waals surface area contributed by atoms with E-state index in [2.05, 4.69) is 26.3 Å². The smallest absolute Gasteiger partial charge is 0.125 e. The standard InChI is InChI=1S/C20H26N4O2/c1-2-7-22-19(5-1)23-12-18-10-20(26-14-18)15-24(8-9-25-16-20)13-17-4-3-6-21-11-17/h1-7,11,18H,8-10,12-16H2,(H,22,23). The zero-order valence-corrected chi connectivity index (χ0v) is 15.0. The highest BCUT2D eigenvalue weighted by Gasteiger charge is 2.43. The SMILES string of the molecule is c1ccc(NCC2COC3(COCCN(Cc4cccnc4)C3)C2)nc1. The number of hydrogen-bond donors (Lipinski definition) is 1. The topological polar surface area (TPSA) is 59.5 Å². The van der Waals surface area contributed by atoms with E-state index in [-0.39, 0.29) is 5.60 Å². The zero-order valence-electron chi connectivity index (χ0n) is 15.0. The summed E-state index contributed by atoms with van der Waals surface area (Å²) in [5, 5.41) is 3.42. The molecule has 2 fully saturated rings. The van der Waals surface area contributed by atoms with E-state index in [0.29, 0.717) is 12.5 Å². The molecule has 2 aromatic heterocycles. The molecule has 6 nitrogen and oxygen atoms in total. The molecule has 4 heterocycles. The van der Waals surface area contributed by atoms with Gasteiger partial charge < -0.3 is 14.8 Å². The van der Waals surface area contributed by atoms with Crippen LogP contribution >= 0.6 is 0 Å². The van der Waals surface area contributed by atoms with Gasteiger partial charge in [0.1, 0.15) is 11.4 Å². The first kappa shape index (κ1) is 17.4. The Morgan fingerprint density at radius 3 is 3.08 bits per heavy atom. The van der Waals surface area contributed by atoms with Gasteiger partial charge in [0.2, 0.25) is 0 Å². The van der Waals surface area contributed by atoms with Gasteiger partial charge in [-0.25, -0.2) is 4.98 Å². The average Bonchev–Trinajstić information content (AvgIpc) is 2.97. The molecule has 2 saturated heterocycles. The Hall–Kier alpha value is -2.02.